The number of hydrogen-bond acceptors (Lipinski definition) is 4. The van der Waals surface area contributed by atoms with Crippen molar-refractivity contribution in [2.24, 2.45) is 11.8 Å². The second-order valence-electron chi connectivity index (χ2n) is 9.34. The van der Waals surface area contributed by atoms with Gasteiger partial charge in [0.05, 0.1) is 16.7 Å². The number of amides is 1. The molecule has 1 saturated carbocycles. The molecule has 1 aliphatic carbocycles. The van der Waals surface area contributed by atoms with Gasteiger partial charge in [-0.3, -0.25) is 9.59 Å². The molecule has 166 valence electrons. The maximum Gasteiger partial charge on any atom is 0.307 e. The van der Waals surface area contributed by atoms with E-state index in [2.05, 4.69) is 20.8 Å². The summed E-state index contributed by atoms with van der Waals surface area (Å²) in [5.41, 5.74) is 1.01. The Balaban J connectivity index is 1.65. The van der Waals surface area contributed by atoms with Crippen LogP contribution in [0.5, 0.6) is 0 Å². The number of carbonyl (C=O) groups is 2. The third-order valence-corrected chi connectivity index (χ3v) is 8.22. The first-order valence-electron chi connectivity index (χ1n) is 10.6. The highest BCUT2D eigenvalue weighted by atomic mass is 32.2. The molecule has 1 aromatic carbocycles. The number of carbonyl (C=O) groups excluding carboxylic acids is 1. The maximum absolute atomic E-state index is 13.0. The summed E-state index contributed by atoms with van der Waals surface area (Å²) < 4.78 is 27.4. The first-order chi connectivity index (χ1) is 14.0. The SMILES string of the molecule is CC(C)(C)c1ccc(S(=O)(=O)N2CCN(C(=O)[C@@H]3CCCC[C@H]3C(=O)O)CC2)cc1. The highest BCUT2D eigenvalue weighted by molar-refractivity contribution is 7.89. The van der Waals surface area contributed by atoms with Gasteiger partial charge in [-0.25, -0.2) is 8.42 Å². The van der Waals surface area contributed by atoms with E-state index in [4.69, 9.17) is 0 Å². The number of sulfonamides is 1. The van der Waals surface area contributed by atoms with Gasteiger partial charge in [-0.2, -0.15) is 4.31 Å². The minimum absolute atomic E-state index is 0.0544. The fraction of sp³-hybridized carbons (Fsp3) is 0.636. The second kappa shape index (κ2) is 8.67. The number of nitrogens with zero attached hydrogens (tertiary/aromatic N) is 2. The molecule has 0 unspecified atom stereocenters. The van der Waals surface area contributed by atoms with Crippen molar-refractivity contribution in [3.63, 3.8) is 0 Å². The molecule has 1 heterocycles. The van der Waals surface area contributed by atoms with Crippen molar-refractivity contribution in [3.05, 3.63) is 29.8 Å². The van der Waals surface area contributed by atoms with E-state index in [1.807, 2.05) is 12.1 Å². The molecular weight excluding hydrogens is 404 g/mol. The highest BCUT2D eigenvalue weighted by Gasteiger charge is 2.39. The van der Waals surface area contributed by atoms with E-state index >= 15 is 0 Å². The summed E-state index contributed by atoms with van der Waals surface area (Å²) >= 11 is 0. The molecular formula is C22H32N2O5S. The van der Waals surface area contributed by atoms with Crippen molar-refractivity contribution < 1.29 is 23.1 Å². The van der Waals surface area contributed by atoms with Crippen LogP contribution >= 0.6 is 0 Å². The average Bonchev–Trinajstić information content (AvgIpc) is 2.72. The lowest BCUT2D eigenvalue weighted by molar-refractivity contribution is -0.152. The van der Waals surface area contributed by atoms with Gasteiger partial charge in [-0.15, -0.1) is 0 Å². The largest absolute Gasteiger partial charge is 0.481 e. The van der Waals surface area contributed by atoms with Gasteiger partial charge in [-0.05, 0) is 36.0 Å². The lowest BCUT2D eigenvalue weighted by Gasteiger charge is -2.38. The van der Waals surface area contributed by atoms with Crippen LogP contribution in [0.15, 0.2) is 29.2 Å². The van der Waals surface area contributed by atoms with Crippen molar-refractivity contribution in [2.75, 3.05) is 26.2 Å². The molecule has 30 heavy (non-hydrogen) atoms. The van der Waals surface area contributed by atoms with Crippen LogP contribution in [-0.2, 0) is 25.0 Å². The van der Waals surface area contributed by atoms with Gasteiger partial charge in [0, 0.05) is 26.2 Å². The molecule has 0 radical (unpaired) electrons. The molecule has 3 rings (SSSR count). The predicted octanol–water partition coefficient (Wildman–Crippen LogP) is 2.71. The Hall–Kier alpha value is -1.93. The number of carboxylic acid groups (broad SMARTS) is 1. The third kappa shape index (κ3) is 4.70. The zero-order chi connectivity index (χ0) is 22.1. The summed E-state index contributed by atoms with van der Waals surface area (Å²) in [5, 5.41) is 9.44. The van der Waals surface area contributed by atoms with E-state index in [-0.39, 0.29) is 29.3 Å². The molecule has 2 aliphatic rings. The Morgan fingerprint density at radius 1 is 0.933 bits per heavy atom. The van der Waals surface area contributed by atoms with Crippen molar-refractivity contribution in [1.29, 1.82) is 0 Å². The zero-order valence-electron chi connectivity index (χ0n) is 18.0. The van der Waals surface area contributed by atoms with Gasteiger partial charge in [0.15, 0.2) is 0 Å². The van der Waals surface area contributed by atoms with Crippen LogP contribution in [-0.4, -0.2) is 60.8 Å². The predicted molar refractivity (Wildman–Crippen MR) is 114 cm³/mol. The van der Waals surface area contributed by atoms with Crippen LogP contribution in [0.3, 0.4) is 0 Å². The van der Waals surface area contributed by atoms with Crippen molar-refractivity contribution in [3.8, 4) is 0 Å². The highest BCUT2D eigenvalue weighted by Crippen LogP contribution is 2.32. The number of benzene rings is 1. The van der Waals surface area contributed by atoms with Crippen LogP contribution in [0.4, 0.5) is 0 Å². The zero-order valence-corrected chi connectivity index (χ0v) is 18.8. The third-order valence-electron chi connectivity index (χ3n) is 6.31. The smallest absolute Gasteiger partial charge is 0.307 e. The monoisotopic (exact) mass is 436 g/mol. The average molecular weight is 437 g/mol. The van der Waals surface area contributed by atoms with Gasteiger partial charge in [0.25, 0.3) is 0 Å². The van der Waals surface area contributed by atoms with Gasteiger partial charge in [0.2, 0.25) is 15.9 Å². The van der Waals surface area contributed by atoms with E-state index in [0.717, 1.165) is 18.4 Å². The lowest BCUT2D eigenvalue weighted by atomic mass is 9.78. The summed E-state index contributed by atoms with van der Waals surface area (Å²) in [6, 6.07) is 6.99. The number of aliphatic carboxylic acids is 1. The van der Waals surface area contributed by atoms with Crippen LogP contribution < -0.4 is 0 Å². The van der Waals surface area contributed by atoms with E-state index in [0.29, 0.717) is 25.9 Å². The standard InChI is InChI=1S/C22H32N2O5S/c1-22(2,3)16-8-10-17(11-9-16)30(28,29)24-14-12-23(13-15-24)20(25)18-6-4-5-7-19(18)21(26)27/h8-11,18-19H,4-7,12-15H2,1-3H3,(H,26,27)/t18-,19-/m1/s1. The Bertz CT molecular complexity index is 881. The molecule has 1 amide bonds. The van der Waals surface area contributed by atoms with Gasteiger partial charge >= 0.3 is 5.97 Å². The maximum atomic E-state index is 13.0. The molecule has 8 heteroatoms. The van der Waals surface area contributed by atoms with Gasteiger partial charge < -0.3 is 10.0 Å². The molecule has 0 aromatic heterocycles. The van der Waals surface area contributed by atoms with E-state index in [1.165, 1.54) is 4.31 Å². The van der Waals surface area contributed by atoms with Crippen molar-refractivity contribution >= 4 is 21.9 Å². The van der Waals surface area contributed by atoms with Crippen molar-refractivity contribution in [2.45, 2.75) is 56.8 Å². The normalized spacial score (nSPS) is 23.9. The summed E-state index contributed by atoms with van der Waals surface area (Å²) in [6.45, 7) is 7.26. The molecule has 0 spiro atoms. The van der Waals surface area contributed by atoms with Gasteiger partial charge in [0.1, 0.15) is 0 Å². The Morgan fingerprint density at radius 2 is 1.47 bits per heavy atom. The number of carboxylic acids is 1. The number of hydrogen-bond donors (Lipinski definition) is 1. The number of piperazine rings is 1. The Morgan fingerprint density at radius 3 is 1.97 bits per heavy atom. The quantitative estimate of drug-likeness (QED) is 0.783. The molecule has 1 saturated heterocycles. The molecule has 1 aromatic rings. The van der Waals surface area contributed by atoms with E-state index in [9.17, 15) is 23.1 Å². The molecule has 2 fully saturated rings. The lowest BCUT2D eigenvalue weighted by Crippen LogP contribution is -2.53. The topological polar surface area (TPSA) is 95.0 Å². The molecule has 7 nitrogen and oxygen atoms in total. The molecule has 2 atom stereocenters. The van der Waals surface area contributed by atoms with E-state index in [1.54, 1.807) is 17.0 Å². The van der Waals surface area contributed by atoms with Crippen LogP contribution in [0.2, 0.25) is 0 Å². The van der Waals surface area contributed by atoms with Crippen LogP contribution in [0.25, 0.3) is 0 Å². The van der Waals surface area contributed by atoms with Crippen LogP contribution in [0, 0.1) is 11.8 Å². The Labute approximate surface area is 179 Å². The number of rotatable bonds is 4. The van der Waals surface area contributed by atoms with E-state index < -0.39 is 27.8 Å². The van der Waals surface area contributed by atoms with Crippen molar-refractivity contribution in [1.82, 2.24) is 9.21 Å². The fourth-order valence-corrected chi connectivity index (χ4v) is 5.80. The summed E-state index contributed by atoms with van der Waals surface area (Å²) in [5.74, 6) is -2.18. The summed E-state index contributed by atoms with van der Waals surface area (Å²) in [6.07, 6.45) is 2.82. The Kier molecular flexibility index (Phi) is 6.57. The fourth-order valence-electron chi connectivity index (χ4n) is 4.38. The minimum atomic E-state index is -3.62. The molecule has 0 bridgehead atoms. The second-order valence-corrected chi connectivity index (χ2v) is 11.3. The molecule has 1 N–H and O–H groups in total. The first-order valence-corrected chi connectivity index (χ1v) is 12.1. The first kappa shape index (κ1) is 22.7. The van der Waals surface area contributed by atoms with Crippen LogP contribution in [0.1, 0.15) is 52.0 Å². The molecule has 1 aliphatic heterocycles. The summed E-state index contributed by atoms with van der Waals surface area (Å²) in [4.78, 5) is 26.3. The summed E-state index contributed by atoms with van der Waals surface area (Å²) in [7, 11) is -3.62. The minimum Gasteiger partial charge on any atom is -0.481 e. The van der Waals surface area contributed by atoms with Gasteiger partial charge in [-0.1, -0.05) is 45.7 Å².